The van der Waals surface area contributed by atoms with Crippen LogP contribution in [-0.4, -0.2) is 32.6 Å². The van der Waals surface area contributed by atoms with Crippen molar-refractivity contribution in [3.8, 4) is 0 Å². The number of nitrogens with one attached hydrogen (secondary N) is 3. The number of urea groups is 1. The summed E-state index contributed by atoms with van der Waals surface area (Å²) in [6.07, 6.45) is 8.31. The number of rotatable bonds is 4. The summed E-state index contributed by atoms with van der Waals surface area (Å²) < 4.78 is 2.51. The van der Waals surface area contributed by atoms with E-state index in [1.807, 2.05) is 12.1 Å². The molecule has 5 rings (SSSR count). The van der Waals surface area contributed by atoms with Gasteiger partial charge >= 0.3 is 6.03 Å². The first-order valence-electron chi connectivity index (χ1n) is 8.58. The molecule has 1 atom stereocenters. The van der Waals surface area contributed by atoms with Crippen LogP contribution in [-0.2, 0) is 4.79 Å². The number of allylic oxidation sites excluding steroid dienone is 1. The molecule has 3 N–H and O–H groups in total. The number of hydrogen-bond donors (Lipinski definition) is 3. The van der Waals surface area contributed by atoms with E-state index in [1.165, 1.54) is 0 Å². The average molecular weight is 403 g/mol. The summed E-state index contributed by atoms with van der Waals surface area (Å²) in [5.41, 5.74) is 2.37. The van der Waals surface area contributed by atoms with Gasteiger partial charge in [-0.2, -0.15) is 9.61 Å². The maximum absolute atomic E-state index is 11.8. The SMILES string of the molecule is O=C1NC(=O)/C(=C/c2cnn3c(NC4CC4)cc(C4CC=C(Cl)S4)nc23)N1. The molecule has 27 heavy (non-hydrogen) atoms. The predicted molar refractivity (Wildman–Crippen MR) is 103 cm³/mol. The molecule has 0 bridgehead atoms. The molecule has 2 aromatic rings. The second-order valence-electron chi connectivity index (χ2n) is 6.64. The van der Waals surface area contributed by atoms with Crippen molar-refractivity contribution < 1.29 is 9.59 Å². The Kier molecular flexibility index (Phi) is 3.87. The van der Waals surface area contributed by atoms with Crippen LogP contribution in [0.5, 0.6) is 0 Å². The first kappa shape index (κ1) is 16.6. The minimum atomic E-state index is -0.532. The number of imide groups is 1. The Labute approximate surface area is 163 Å². The lowest BCUT2D eigenvalue weighted by molar-refractivity contribution is -0.115. The van der Waals surface area contributed by atoms with E-state index in [9.17, 15) is 9.59 Å². The van der Waals surface area contributed by atoms with E-state index in [4.69, 9.17) is 16.6 Å². The summed E-state index contributed by atoms with van der Waals surface area (Å²) in [7, 11) is 0. The third-order valence-corrected chi connectivity index (χ3v) is 6.08. The average Bonchev–Trinajstić information content (AvgIpc) is 3.04. The van der Waals surface area contributed by atoms with Crippen molar-refractivity contribution in [3.63, 3.8) is 0 Å². The molecule has 0 spiro atoms. The molecule has 10 heteroatoms. The van der Waals surface area contributed by atoms with Gasteiger partial charge in [-0.15, -0.1) is 11.8 Å². The number of nitrogens with zero attached hydrogens (tertiary/aromatic N) is 3. The summed E-state index contributed by atoms with van der Waals surface area (Å²) in [5, 5.41) is 12.7. The molecular weight excluding hydrogens is 388 g/mol. The molecule has 1 saturated heterocycles. The quantitative estimate of drug-likeness (QED) is 0.537. The van der Waals surface area contributed by atoms with E-state index < -0.39 is 11.9 Å². The lowest BCUT2D eigenvalue weighted by Gasteiger charge is -2.13. The second kappa shape index (κ2) is 6.28. The fourth-order valence-electron chi connectivity index (χ4n) is 3.06. The molecule has 0 aromatic carbocycles. The molecule has 1 aliphatic carbocycles. The summed E-state index contributed by atoms with van der Waals surface area (Å²) in [4.78, 5) is 28.0. The molecule has 3 aliphatic rings. The number of thioether (sulfide) groups is 1. The van der Waals surface area contributed by atoms with Crippen LogP contribution < -0.4 is 16.0 Å². The standard InChI is InChI=1S/C17H15ClN6O2S/c18-13-4-3-12(27-13)10-6-14(20-9-1-2-9)24-15(21-10)8(7-19-24)5-11-16(25)23-17(26)22-11/h4-7,9,12,20H,1-3H2,(H2,22,23,25,26)/b11-5-. The fourth-order valence-corrected chi connectivity index (χ4v) is 4.37. The number of halogens is 1. The van der Waals surface area contributed by atoms with Gasteiger partial charge in [-0.05, 0) is 25.3 Å². The number of hydrogen-bond acceptors (Lipinski definition) is 6. The van der Waals surface area contributed by atoms with Gasteiger partial charge in [0.15, 0.2) is 5.65 Å². The number of anilines is 1. The van der Waals surface area contributed by atoms with E-state index in [0.717, 1.165) is 35.1 Å². The maximum Gasteiger partial charge on any atom is 0.326 e. The van der Waals surface area contributed by atoms with Gasteiger partial charge in [-0.1, -0.05) is 17.7 Å². The zero-order valence-electron chi connectivity index (χ0n) is 14.0. The number of carbonyl (C=O) groups excluding carboxylic acids is 2. The number of amides is 3. The second-order valence-corrected chi connectivity index (χ2v) is 8.51. The van der Waals surface area contributed by atoms with Gasteiger partial charge in [0.2, 0.25) is 0 Å². The molecule has 2 aromatic heterocycles. The van der Waals surface area contributed by atoms with Gasteiger partial charge in [0.05, 0.1) is 21.5 Å². The van der Waals surface area contributed by atoms with Crippen molar-refractivity contribution in [1.29, 1.82) is 0 Å². The highest BCUT2D eigenvalue weighted by atomic mass is 35.5. The van der Waals surface area contributed by atoms with Crippen LogP contribution in [0, 0.1) is 0 Å². The Morgan fingerprint density at radius 1 is 1.33 bits per heavy atom. The van der Waals surface area contributed by atoms with Crippen LogP contribution in [0.4, 0.5) is 10.6 Å². The molecule has 3 amide bonds. The number of carbonyl (C=O) groups is 2. The Morgan fingerprint density at radius 2 is 2.19 bits per heavy atom. The van der Waals surface area contributed by atoms with Crippen LogP contribution in [0.1, 0.15) is 35.8 Å². The highest BCUT2D eigenvalue weighted by molar-refractivity contribution is 8.05. The highest BCUT2D eigenvalue weighted by Gasteiger charge is 2.27. The molecule has 1 saturated carbocycles. The molecule has 138 valence electrons. The van der Waals surface area contributed by atoms with Crippen LogP contribution in [0.3, 0.4) is 0 Å². The smallest absolute Gasteiger partial charge is 0.326 e. The summed E-state index contributed by atoms with van der Waals surface area (Å²) >= 11 is 7.71. The fraction of sp³-hybridized carbons (Fsp3) is 0.294. The first-order chi connectivity index (χ1) is 13.1. The van der Waals surface area contributed by atoms with Crippen molar-refractivity contribution in [1.82, 2.24) is 25.2 Å². The molecule has 2 fully saturated rings. The molecule has 1 unspecified atom stereocenters. The topological polar surface area (TPSA) is 100 Å². The molecule has 4 heterocycles. The molecule has 2 aliphatic heterocycles. The number of aromatic nitrogens is 3. The Morgan fingerprint density at radius 3 is 2.85 bits per heavy atom. The highest BCUT2D eigenvalue weighted by Crippen LogP contribution is 2.45. The summed E-state index contributed by atoms with van der Waals surface area (Å²) in [6, 6.07) is 1.93. The van der Waals surface area contributed by atoms with Crippen LogP contribution in [0.15, 0.2) is 28.4 Å². The Bertz CT molecular complexity index is 1040. The lowest BCUT2D eigenvalue weighted by Crippen LogP contribution is -2.22. The molecule has 8 nitrogen and oxygen atoms in total. The van der Waals surface area contributed by atoms with Crippen LogP contribution >= 0.6 is 23.4 Å². The van der Waals surface area contributed by atoms with Gasteiger partial charge < -0.3 is 10.6 Å². The van der Waals surface area contributed by atoms with E-state index in [0.29, 0.717) is 17.3 Å². The maximum atomic E-state index is 11.8. The molecular formula is C17H15ClN6O2S. The largest absolute Gasteiger partial charge is 0.367 e. The normalized spacial score (nSPS) is 23.7. The van der Waals surface area contributed by atoms with E-state index in [1.54, 1.807) is 28.6 Å². The minimum Gasteiger partial charge on any atom is -0.367 e. The van der Waals surface area contributed by atoms with Gasteiger partial charge in [0, 0.05) is 17.7 Å². The van der Waals surface area contributed by atoms with E-state index in [2.05, 4.69) is 21.0 Å². The van der Waals surface area contributed by atoms with Crippen molar-refractivity contribution in [3.05, 3.63) is 39.7 Å². The summed E-state index contributed by atoms with van der Waals surface area (Å²) in [6.45, 7) is 0. The van der Waals surface area contributed by atoms with E-state index >= 15 is 0 Å². The Hall–Kier alpha value is -2.52. The van der Waals surface area contributed by atoms with Crippen molar-refractivity contribution in [2.75, 3.05) is 5.32 Å². The number of fused-ring (bicyclic) bond motifs is 1. The van der Waals surface area contributed by atoms with Gasteiger partial charge in [-0.3, -0.25) is 10.1 Å². The monoisotopic (exact) mass is 402 g/mol. The van der Waals surface area contributed by atoms with Gasteiger partial charge in [0.1, 0.15) is 11.5 Å². The third kappa shape index (κ3) is 3.17. The molecule has 0 radical (unpaired) electrons. The van der Waals surface area contributed by atoms with Crippen LogP contribution in [0.25, 0.3) is 11.7 Å². The first-order valence-corrected chi connectivity index (χ1v) is 9.84. The van der Waals surface area contributed by atoms with Crippen molar-refractivity contribution >= 4 is 52.8 Å². The zero-order chi connectivity index (χ0) is 18.5. The van der Waals surface area contributed by atoms with Gasteiger partial charge in [0.25, 0.3) is 5.91 Å². The lowest BCUT2D eigenvalue weighted by atomic mass is 10.2. The third-order valence-electron chi connectivity index (χ3n) is 4.55. The van der Waals surface area contributed by atoms with E-state index in [-0.39, 0.29) is 10.9 Å². The zero-order valence-corrected chi connectivity index (χ0v) is 15.6. The minimum absolute atomic E-state index is 0.145. The van der Waals surface area contributed by atoms with Crippen LogP contribution in [0.2, 0.25) is 0 Å². The summed E-state index contributed by atoms with van der Waals surface area (Å²) in [5.74, 6) is 0.403. The van der Waals surface area contributed by atoms with Crippen molar-refractivity contribution in [2.45, 2.75) is 30.6 Å². The van der Waals surface area contributed by atoms with Crippen molar-refractivity contribution in [2.24, 2.45) is 0 Å². The predicted octanol–water partition coefficient (Wildman–Crippen LogP) is 2.74. The Balaban J connectivity index is 1.59. The van der Waals surface area contributed by atoms with Gasteiger partial charge in [-0.25, -0.2) is 9.78 Å².